The topological polar surface area (TPSA) is 17.0 Å². The van der Waals surface area contributed by atoms with Crippen LogP contribution in [0.4, 0.5) is 5.69 Å². The highest BCUT2D eigenvalue weighted by Crippen LogP contribution is 2.19. The molecule has 2 rings (SSSR count). The summed E-state index contributed by atoms with van der Waals surface area (Å²) in [7, 11) is 0. The van der Waals surface area contributed by atoms with Crippen molar-refractivity contribution in [1.82, 2.24) is 4.57 Å². The second-order valence-electron chi connectivity index (χ2n) is 4.79. The first-order chi connectivity index (χ1) is 8.72. The van der Waals surface area contributed by atoms with E-state index < -0.39 is 0 Å². The standard InChI is InChI=1S/C16H22N2/c1-4-10-18-11-6-8-15(18)12-17-16-9-5-7-13(2)14(16)3/h5-9,11,17H,4,10,12H2,1-3H3. The Kier molecular flexibility index (Phi) is 4.08. The van der Waals surface area contributed by atoms with E-state index in [1.54, 1.807) is 0 Å². The smallest absolute Gasteiger partial charge is 0.0553 e. The number of aromatic nitrogens is 1. The number of anilines is 1. The van der Waals surface area contributed by atoms with E-state index in [9.17, 15) is 0 Å². The highest BCUT2D eigenvalue weighted by molar-refractivity contribution is 5.53. The average Bonchev–Trinajstić information content (AvgIpc) is 2.79. The molecule has 0 bridgehead atoms. The normalized spacial score (nSPS) is 10.6. The number of aryl methyl sites for hydroxylation is 2. The predicted molar refractivity (Wildman–Crippen MR) is 78.0 cm³/mol. The highest BCUT2D eigenvalue weighted by Gasteiger charge is 2.02. The Hall–Kier alpha value is -1.70. The van der Waals surface area contributed by atoms with Crippen LogP contribution in [0.2, 0.25) is 0 Å². The van der Waals surface area contributed by atoms with Crippen molar-refractivity contribution in [3.63, 3.8) is 0 Å². The zero-order valence-corrected chi connectivity index (χ0v) is 11.5. The Morgan fingerprint density at radius 1 is 1.11 bits per heavy atom. The lowest BCUT2D eigenvalue weighted by molar-refractivity contribution is 0.654. The molecule has 0 unspecified atom stereocenters. The van der Waals surface area contributed by atoms with E-state index in [1.807, 2.05) is 0 Å². The number of nitrogens with zero attached hydrogens (tertiary/aromatic N) is 1. The van der Waals surface area contributed by atoms with Crippen molar-refractivity contribution in [2.24, 2.45) is 0 Å². The van der Waals surface area contributed by atoms with Gasteiger partial charge in [-0.1, -0.05) is 19.1 Å². The molecule has 0 saturated carbocycles. The third-order valence-electron chi connectivity index (χ3n) is 3.45. The van der Waals surface area contributed by atoms with Gasteiger partial charge in [-0.2, -0.15) is 0 Å². The van der Waals surface area contributed by atoms with Crippen LogP contribution in [0.1, 0.15) is 30.2 Å². The van der Waals surface area contributed by atoms with Gasteiger partial charge in [0.2, 0.25) is 0 Å². The second-order valence-corrected chi connectivity index (χ2v) is 4.79. The van der Waals surface area contributed by atoms with Gasteiger partial charge in [0.1, 0.15) is 0 Å². The molecule has 2 aromatic rings. The lowest BCUT2D eigenvalue weighted by Crippen LogP contribution is -2.07. The van der Waals surface area contributed by atoms with Crippen molar-refractivity contribution in [3.05, 3.63) is 53.3 Å². The molecule has 0 atom stereocenters. The highest BCUT2D eigenvalue weighted by atomic mass is 15.0. The van der Waals surface area contributed by atoms with E-state index in [1.165, 1.54) is 28.9 Å². The molecule has 18 heavy (non-hydrogen) atoms. The Labute approximate surface area is 110 Å². The minimum Gasteiger partial charge on any atom is -0.379 e. The summed E-state index contributed by atoms with van der Waals surface area (Å²) in [6.45, 7) is 8.51. The number of hydrogen-bond acceptors (Lipinski definition) is 1. The summed E-state index contributed by atoms with van der Waals surface area (Å²) < 4.78 is 2.32. The molecule has 1 aromatic carbocycles. The maximum absolute atomic E-state index is 3.53. The molecule has 1 N–H and O–H groups in total. The fourth-order valence-electron chi connectivity index (χ4n) is 2.20. The van der Waals surface area contributed by atoms with Crippen LogP contribution in [0.25, 0.3) is 0 Å². The van der Waals surface area contributed by atoms with Crippen LogP contribution < -0.4 is 5.32 Å². The van der Waals surface area contributed by atoms with Gasteiger partial charge in [0, 0.05) is 24.1 Å². The molecule has 96 valence electrons. The molecular formula is C16H22N2. The minimum atomic E-state index is 0.886. The van der Waals surface area contributed by atoms with Gasteiger partial charge >= 0.3 is 0 Å². The summed E-state index contributed by atoms with van der Waals surface area (Å²) in [6, 6.07) is 10.7. The molecule has 0 spiro atoms. The minimum absolute atomic E-state index is 0.886. The van der Waals surface area contributed by atoms with Crippen LogP contribution in [0.15, 0.2) is 36.5 Å². The van der Waals surface area contributed by atoms with Crippen molar-refractivity contribution >= 4 is 5.69 Å². The van der Waals surface area contributed by atoms with Crippen molar-refractivity contribution < 1.29 is 0 Å². The van der Waals surface area contributed by atoms with Gasteiger partial charge in [-0.05, 0) is 49.6 Å². The van der Waals surface area contributed by atoms with Gasteiger partial charge in [0.25, 0.3) is 0 Å². The molecule has 1 heterocycles. The molecule has 0 fully saturated rings. The molecule has 0 radical (unpaired) electrons. The van der Waals surface area contributed by atoms with Crippen LogP contribution in [0, 0.1) is 13.8 Å². The predicted octanol–water partition coefficient (Wildman–Crippen LogP) is 4.13. The maximum atomic E-state index is 3.53. The van der Waals surface area contributed by atoms with Gasteiger partial charge in [-0.25, -0.2) is 0 Å². The van der Waals surface area contributed by atoms with Gasteiger partial charge in [0.05, 0.1) is 6.54 Å². The van der Waals surface area contributed by atoms with Gasteiger partial charge < -0.3 is 9.88 Å². The number of nitrogens with one attached hydrogen (secondary N) is 1. The Bertz CT molecular complexity index is 512. The van der Waals surface area contributed by atoms with Crippen molar-refractivity contribution in [2.45, 2.75) is 40.3 Å². The Morgan fingerprint density at radius 3 is 2.72 bits per heavy atom. The zero-order valence-electron chi connectivity index (χ0n) is 11.5. The third kappa shape index (κ3) is 2.76. The van der Waals surface area contributed by atoms with Gasteiger partial charge in [-0.3, -0.25) is 0 Å². The molecule has 0 aliphatic heterocycles. The van der Waals surface area contributed by atoms with Crippen LogP contribution in [0.5, 0.6) is 0 Å². The first-order valence-corrected chi connectivity index (χ1v) is 6.66. The maximum Gasteiger partial charge on any atom is 0.0553 e. The van der Waals surface area contributed by atoms with E-state index in [0.717, 1.165) is 13.1 Å². The molecule has 2 nitrogen and oxygen atoms in total. The second kappa shape index (κ2) is 5.76. The molecule has 1 aromatic heterocycles. The summed E-state index contributed by atoms with van der Waals surface area (Å²) in [5, 5.41) is 3.53. The van der Waals surface area contributed by atoms with Crippen LogP contribution in [0.3, 0.4) is 0 Å². The first-order valence-electron chi connectivity index (χ1n) is 6.66. The Morgan fingerprint density at radius 2 is 1.94 bits per heavy atom. The number of benzene rings is 1. The third-order valence-corrected chi connectivity index (χ3v) is 3.45. The molecule has 0 amide bonds. The van der Waals surface area contributed by atoms with Crippen LogP contribution >= 0.6 is 0 Å². The fourth-order valence-corrected chi connectivity index (χ4v) is 2.20. The summed E-state index contributed by atoms with van der Waals surface area (Å²) >= 11 is 0. The first kappa shape index (κ1) is 12.7. The van der Waals surface area contributed by atoms with Crippen molar-refractivity contribution in [3.8, 4) is 0 Å². The monoisotopic (exact) mass is 242 g/mol. The van der Waals surface area contributed by atoms with Crippen molar-refractivity contribution in [1.29, 1.82) is 0 Å². The molecule has 2 heteroatoms. The van der Waals surface area contributed by atoms with Gasteiger partial charge in [0.15, 0.2) is 0 Å². The number of rotatable bonds is 5. The summed E-state index contributed by atoms with van der Waals surface area (Å²) in [4.78, 5) is 0. The largest absolute Gasteiger partial charge is 0.379 e. The lowest BCUT2D eigenvalue weighted by atomic mass is 10.1. The van der Waals surface area contributed by atoms with Crippen LogP contribution in [-0.2, 0) is 13.1 Å². The molecule has 0 aliphatic rings. The quantitative estimate of drug-likeness (QED) is 0.834. The van der Waals surface area contributed by atoms with Crippen molar-refractivity contribution in [2.75, 3.05) is 5.32 Å². The van der Waals surface area contributed by atoms with E-state index in [-0.39, 0.29) is 0 Å². The molecular weight excluding hydrogens is 220 g/mol. The summed E-state index contributed by atoms with van der Waals surface area (Å²) in [5.41, 5.74) is 5.26. The van der Waals surface area contributed by atoms with Gasteiger partial charge in [-0.15, -0.1) is 0 Å². The van der Waals surface area contributed by atoms with E-state index in [0.29, 0.717) is 0 Å². The lowest BCUT2D eigenvalue weighted by Gasteiger charge is -2.13. The van der Waals surface area contributed by atoms with E-state index in [4.69, 9.17) is 0 Å². The van der Waals surface area contributed by atoms with E-state index >= 15 is 0 Å². The summed E-state index contributed by atoms with van der Waals surface area (Å²) in [6.07, 6.45) is 3.33. The molecule has 0 saturated heterocycles. The fraction of sp³-hybridized carbons (Fsp3) is 0.375. The molecule has 0 aliphatic carbocycles. The van der Waals surface area contributed by atoms with E-state index in [2.05, 4.69) is 67.2 Å². The summed E-state index contributed by atoms with van der Waals surface area (Å²) in [5.74, 6) is 0. The van der Waals surface area contributed by atoms with Crippen LogP contribution in [-0.4, -0.2) is 4.57 Å². The zero-order chi connectivity index (χ0) is 13.0. The Balaban J connectivity index is 2.07. The number of hydrogen-bond donors (Lipinski definition) is 1. The average molecular weight is 242 g/mol. The SMILES string of the molecule is CCCn1cccc1CNc1cccc(C)c1C.